The lowest BCUT2D eigenvalue weighted by molar-refractivity contribution is -0.0563. The molecule has 2 heterocycles. The van der Waals surface area contributed by atoms with Crippen molar-refractivity contribution in [3.05, 3.63) is 45.5 Å². The van der Waals surface area contributed by atoms with Gasteiger partial charge in [0.15, 0.2) is 0 Å². The Hall–Kier alpha value is -1.69. The highest BCUT2D eigenvalue weighted by molar-refractivity contribution is 5.05. The van der Waals surface area contributed by atoms with Crippen molar-refractivity contribution < 1.29 is 9.13 Å². The molecule has 1 aromatic rings. The first-order chi connectivity index (χ1) is 8.93. The zero-order valence-electron chi connectivity index (χ0n) is 11.0. The van der Waals surface area contributed by atoms with Gasteiger partial charge in [0.05, 0.1) is 11.8 Å². The van der Waals surface area contributed by atoms with Crippen LogP contribution in [0.5, 0.6) is 0 Å². The average molecular weight is 268 g/mol. The Bertz CT molecular complexity index is 607. The van der Waals surface area contributed by atoms with Crippen molar-refractivity contribution in [1.29, 1.82) is 0 Å². The summed E-state index contributed by atoms with van der Waals surface area (Å²) in [6.45, 7) is 7.74. The molecule has 19 heavy (non-hydrogen) atoms. The SMILES string of the molecule is C=C[C@]1(CC)O[C@@H](n2cc(F)c(=O)[nH]c2=O)C[C@@H]1C. The first kappa shape index (κ1) is 13.7. The number of nitrogens with one attached hydrogen (secondary N) is 1. The van der Waals surface area contributed by atoms with Crippen LogP contribution in [0, 0.1) is 11.7 Å². The third-order valence-electron chi connectivity index (χ3n) is 3.88. The summed E-state index contributed by atoms with van der Waals surface area (Å²) in [6, 6.07) is 0. The topological polar surface area (TPSA) is 64.1 Å². The smallest absolute Gasteiger partial charge is 0.330 e. The molecule has 1 aromatic heterocycles. The number of ether oxygens (including phenoxy) is 1. The lowest BCUT2D eigenvalue weighted by Crippen LogP contribution is -2.35. The van der Waals surface area contributed by atoms with Gasteiger partial charge >= 0.3 is 5.69 Å². The molecule has 0 amide bonds. The van der Waals surface area contributed by atoms with Gasteiger partial charge in [-0.1, -0.05) is 19.9 Å². The van der Waals surface area contributed by atoms with Crippen LogP contribution in [-0.4, -0.2) is 15.2 Å². The second-order valence-electron chi connectivity index (χ2n) is 4.87. The standard InChI is InChI=1S/C13H17FN2O3/c1-4-13(5-2)8(3)6-10(19-13)16-7-9(14)11(17)15-12(16)18/h4,7-8,10H,1,5-6H2,2-3H3,(H,15,17,18)/t8-,10+,13+/m0/s1. The van der Waals surface area contributed by atoms with E-state index in [1.165, 1.54) is 0 Å². The van der Waals surface area contributed by atoms with Crippen molar-refractivity contribution in [2.24, 2.45) is 5.92 Å². The monoisotopic (exact) mass is 268 g/mol. The second-order valence-corrected chi connectivity index (χ2v) is 4.87. The van der Waals surface area contributed by atoms with Crippen LogP contribution in [0.15, 0.2) is 28.4 Å². The van der Waals surface area contributed by atoms with E-state index in [9.17, 15) is 14.0 Å². The zero-order chi connectivity index (χ0) is 14.2. The molecule has 0 saturated carbocycles. The minimum Gasteiger partial charge on any atom is -0.347 e. The third kappa shape index (κ3) is 2.16. The largest absolute Gasteiger partial charge is 0.347 e. The summed E-state index contributed by atoms with van der Waals surface area (Å²) in [7, 11) is 0. The molecule has 0 bridgehead atoms. The second kappa shape index (κ2) is 4.77. The molecule has 0 spiro atoms. The van der Waals surface area contributed by atoms with Gasteiger partial charge in [0.2, 0.25) is 5.82 Å². The number of rotatable bonds is 3. The van der Waals surface area contributed by atoms with Gasteiger partial charge in [-0.2, -0.15) is 4.39 Å². The van der Waals surface area contributed by atoms with Crippen molar-refractivity contribution >= 4 is 0 Å². The van der Waals surface area contributed by atoms with Gasteiger partial charge in [0.25, 0.3) is 5.56 Å². The van der Waals surface area contributed by atoms with E-state index in [-0.39, 0.29) is 5.92 Å². The van der Waals surface area contributed by atoms with Crippen molar-refractivity contribution in [1.82, 2.24) is 9.55 Å². The van der Waals surface area contributed by atoms with Crippen LogP contribution in [0.1, 0.15) is 32.9 Å². The van der Waals surface area contributed by atoms with E-state index in [0.29, 0.717) is 6.42 Å². The minimum absolute atomic E-state index is 0.155. The molecule has 1 aliphatic rings. The number of nitrogens with zero attached hydrogens (tertiary/aromatic N) is 1. The van der Waals surface area contributed by atoms with E-state index in [2.05, 4.69) is 6.58 Å². The Morgan fingerprint density at radius 3 is 2.89 bits per heavy atom. The summed E-state index contributed by atoms with van der Waals surface area (Å²) in [5.74, 6) is -0.842. The van der Waals surface area contributed by atoms with Crippen LogP contribution >= 0.6 is 0 Å². The van der Waals surface area contributed by atoms with Crippen molar-refractivity contribution in [3.63, 3.8) is 0 Å². The zero-order valence-corrected chi connectivity index (χ0v) is 11.0. The van der Waals surface area contributed by atoms with Gasteiger partial charge in [-0.25, -0.2) is 4.79 Å². The third-order valence-corrected chi connectivity index (χ3v) is 3.88. The van der Waals surface area contributed by atoms with Crippen molar-refractivity contribution in [3.8, 4) is 0 Å². The maximum absolute atomic E-state index is 13.3. The summed E-state index contributed by atoms with van der Waals surface area (Å²) < 4.78 is 20.3. The summed E-state index contributed by atoms with van der Waals surface area (Å²) in [6.07, 6.45) is 3.31. The molecule has 1 fully saturated rings. The molecule has 2 rings (SSSR count). The molecule has 1 N–H and O–H groups in total. The van der Waals surface area contributed by atoms with Gasteiger partial charge in [0.1, 0.15) is 6.23 Å². The van der Waals surface area contributed by atoms with E-state index in [1.54, 1.807) is 6.08 Å². The fraction of sp³-hybridized carbons (Fsp3) is 0.538. The maximum atomic E-state index is 13.3. The summed E-state index contributed by atoms with van der Waals surface area (Å²) in [5, 5.41) is 0. The molecule has 0 radical (unpaired) electrons. The molecular formula is C13H17FN2O3. The normalized spacial score (nSPS) is 30.5. The van der Waals surface area contributed by atoms with Crippen LogP contribution in [0.3, 0.4) is 0 Å². The van der Waals surface area contributed by atoms with Crippen LogP contribution in [-0.2, 0) is 4.74 Å². The molecule has 0 unspecified atom stereocenters. The fourth-order valence-electron chi connectivity index (χ4n) is 2.59. The highest BCUT2D eigenvalue weighted by atomic mass is 19.1. The van der Waals surface area contributed by atoms with Crippen LogP contribution in [0.25, 0.3) is 0 Å². The molecule has 1 aliphatic heterocycles. The Balaban J connectivity index is 2.41. The van der Waals surface area contributed by atoms with E-state index in [1.807, 2.05) is 18.8 Å². The predicted octanol–water partition coefficient (Wildman–Crippen LogP) is 1.57. The van der Waals surface area contributed by atoms with Gasteiger partial charge < -0.3 is 4.74 Å². The molecule has 6 heteroatoms. The molecule has 1 saturated heterocycles. The number of aromatic amines is 1. The predicted molar refractivity (Wildman–Crippen MR) is 68.4 cm³/mol. The van der Waals surface area contributed by atoms with Gasteiger partial charge in [-0.3, -0.25) is 14.3 Å². The first-order valence-corrected chi connectivity index (χ1v) is 6.26. The minimum atomic E-state index is -1.02. The Morgan fingerprint density at radius 2 is 2.37 bits per heavy atom. The summed E-state index contributed by atoms with van der Waals surface area (Å²) in [5.41, 5.74) is -2.20. The van der Waals surface area contributed by atoms with E-state index < -0.39 is 28.9 Å². The van der Waals surface area contributed by atoms with Crippen LogP contribution in [0.2, 0.25) is 0 Å². The van der Waals surface area contributed by atoms with Crippen molar-refractivity contribution in [2.75, 3.05) is 0 Å². The number of hydrogen-bond acceptors (Lipinski definition) is 3. The van der Waals surface area contributed by atoms with Gasteiger partial charge in [0, 0.05) is 0 Å². The van der Waals surface area contributed by atoms with E-state index >= 15 is 0 Å². The van der Waals surface area contributed by atoms with Crippen LogP contribution in [0.4, 0.5) is 4.39 Å². The van der Waals surface area contributed by atoms with E-state index in [4.69, 9.17) is 4.74 Å². The lowest BCUT2D eigenvalue weighted by Gasteiger charge is -2.28. The molecule has 0 aliphatic carbocycles. The molecule has 3 atom stereocenters. The molecular weight excluding hydrogens is 251 g/mol. The van der Waals surface area contributed by atoms with Crippen molar-refractivity contribution in [2.45, 2.75) is 38.5 Å². The van der Waals surface area contributed by atoms with Gasteiger partial charge in [-0.05, 0) is 18.8 Å². The Labute approximate surface area is 109 Å². The lowest BCUT2D eigenvalue weighted by atomic mass is 9.86. The van der Waals surface area contributed by atoms with Crippen LogP contribution < -0.4 is 11.2 Å². The Kier molecular flexibility index (Phi) is 3.45. The van der Waals surface area contributed by atoms with E-state index in [0.717, 1.165) is 17.2 Å². The molecule has 0 aromatic carbocycles. The first-order valence-electron chi connectivity index (χ1n) is 6.26. The molecule has 5 nitrogen and oxygen atoms in total. The fourth-order valence-corrected chi connectivity index (χ4v) is 2.59. The summed E-state index contributed by atoms with van der Waals surface area (Å²) >= 11 is 0. The number of H-pyrrole nitrogens is 1. The number of halogens is 1. The Morgan fingerprint density at radius 1 is 1.68 bits per heavy atom. The highest BCUT2D eigenvalue weighted by Gasteiger charge is 2.43. The average Bonchev–Trinajstić information content (AvgIpc) is 2.71. The quantitative estimate of drug-likeness (QED) is 0.846. The number of hydrogen-bond donors (Lipinski definition) is 1. The molecule has 104 valence electrons. The number of aromatic nitrogens is 2. The summed E-state index contributed by atoms with van der Waals surface area (Å²) in [4.78, 5) is 24.7. The maximum Gasteiger partial charge on any atom is 0.330 e. The highest BCUT2D eigenvalue weighted by Crippen LogP contribution is 2.43. The van der Waals surface area contributed by atoms with Gasteiger partial charge in [-0.15, -0.1) is 6.58 Å².